The highest BCUT2D eigenvalue weighted by molar-refractivity contribution is 5.93. The first-order chi connectivity index (χ1) is 8.34. The summed E-state index contributed by atoms with van der Waals surface area (Å²) < 4.78 is 1.45. The molecule has 1 amide bonds. The third-order valence-electron chi connectivity index (χ3n) is 3.25. The molecule has 100 valence electrons. The van der Waals surface area contributed by atoms with Crippen LogP contribution in [0.5, 0.6) is 0 Å². The van der Waals surface area contributed by atoms with E-state index in [4.69, 9.17) is 5.11 Å². The van der Waals surface area contributed by atoms with Gasteiger partial charge in [-0.25, -0.2) is 0 Å². The van der Waals surface area contributed by atoms with Crippen LogP contribution >= 0.6 is 0 Å². The Hall–Kier alpha value is -1.78. The molecule has 0 aromatic carbocycles. The minimum absolute atomic E-state index is 0.102. The fourth-order valence-corrected chi connectivity index (χ4v) is 1.70. The molecule has 5 nitrogen and oxygen atoms in total. The van der Waals surface area contributed by atoms with Gasteiger partial charge in [0, 0.05) is 19.3 Å². The summed E-state index contributed by atoms with van der Waals surface area (Å²) in [6, 6.07) is 3.43. The van der Waals surface area contributed by atoms with Gasteiger partial charge < -0.3 is 14.6 Å². The maximum Gasteiger partial charge on any atom is 0.323 e. The molecule has 5 heteroatoms. The molecule has 1 N–H and O–H groups in total. The number of hydrogen-bond acceptors (Lipinski definition) is 2. The first-order valence-corrected chi connectivity index (χ1v) is 5.98. The number of aromatic nitrogens is 1. The van der Waals surface area contributed by atoms with Crippen LogP contribution < -0.4 is 0 Å². The summed E-state index contributed by atoms with van der Waals surface area (Å²) in [6.45, 7) is 5.88. The van der Waals surface area contributed by atoms with Crippen molar-refractivity contribution in [1.82, 2.24) is 9.47 Å². The molecule has 0 radical (unpaired) electrons. The van der Waals surface area contributed by atoms with Crippen LogP contribution in [0.15, 0.2) is 18.3 Å². The Kier molecular flexibility index (Phi) is 4.53. The van der Waals surface area contributed by atoms with Gasteiger partial charge in [0.1, 0.15) is 12.2 Å². The van der Waals surface area contributed by atoms with E-state index in [-0.39, 0.29) is 18.5 Å². The largest absolute Gasteiger partial charge is 0.480 e. The lowest BCUT2D eigenvalue weighted by molar-refractivity contribution is -0.137. The molecule has 1 aromatic rings. The molecule has 1 heterocycles. The summed E-state index contributed by atoms with van der Waals surface area (Å²) in [5.74, 6) is -0.760. The highest BCUT2D eigenvalue weighted by Crippen LogP contribution is 2.13. The summed E-state index contributed by atoms with van der Waals surface area (Å²) in [4.78, 5) is 24.6. The van der Waals surface area contributed by atoms with Gasteiger partial charge >= 0.3 is 5.97 Å². The zero-order chi connectivity index (χ0) is 13.9. The van der Waals surface area contributed by atoms with Gasteiger partial charge in [-0.1, -0.05) is 13.8 Å². The number of nitrogens with zero attached hydrogens (tertiary/aromatic N) is 2. The third-order valence-corrected chi connectivity index (χ3v) is 3.25. The van der Waals surface area contributed by atoms with Crippen LogP contribution in [0.25, 0.3) is 0 Å². The molecular formula is C13H20N2O3. The van der Waals surface area contributed by atoms with Gasteiger partial charge in [-0.05, 0) is 25.0 Å². The predicted molar refractivity (Wildman–Crippen MR) is 68.5 cm³/mol. The number of hydrogen-bond donors (Lipinski definition) is 1. The molecular weight excluding hydrogens is 232 g/mol. The first-order valence-electron chi connectivity index (χ1n) is 5.98. The molecule has 0 fully saturated rings. The molecule has 0 bridgehead atoms. The van der Waals surface area contributed by atoms with Crippen molar-refractivity contribution in [3.05, 3.63) is 24.0 Å². The standard InChI is InChI=1S/C13H20N2O3/c1-9(2)10(3)14(4)13(18)11-6-5-7-15(11)8-12(16)17/h5-7,9-10H,8H2,1-4H3,(H,16,17). The molecule has 1 rings (SSSR count). The maximum absolute atomic E-state index is 12.3. The maximum atomic E-state index is 12.3. The lowest BCUT2D eigenvalue weighted by atomic mass is 10.1. The summed E-state index contributed by atoms with van der Waals surface area (Å²) >= 11 is 0. The van der Waals surface area contributed by atoms with Crippen molar-refractivity contribution in [1.29, 1.82) is 0 Å². The Bertz CT molecular complexity index is 437. The zero-order valence-electron chi connectivity index (χ0n) is 11.3. The van der Waals surface area contributed by atoms with E-state index in [2.05, 4.69) is 0 Å². The van der Waals surface area contributed by atoms with Gasteiger partial charge in [0.2, 0.25) is 0 Å². The van der Waals surface area contributed by atoms with Crippen molar-refractivity contribution >= 4 is 11.9 Å². The smallest absolute Gasteiger partial charge is 0.323 e. The SMILES string of the molecule is CC(C)C(C)N(C)C(=O)c1cccn1CC(=O)O. The molecule has 0 aliphatic carbocycles. The summed E-state index contributed by atoms with van der Waals surface area (Å²) in [5, 5.41) is 8.78. The monoisotopic (exact) mass is 252 g/mol. The number of carboxylic acids is 1. The Labute approximate surface area is 107 Å². The molecule has 1 atom stereocenters. The zero-order valence-corrected chi connectivity index (χ0v) is 11.3. The predicted octanol–water partition coefficient (Wildman–Crippen LogP) is 1.69. The van der Waals surface area contributed by atoms with Gasteiger partial charge in [-0.15, -0.1) is 0 Å². The van der Waals surface area contributed by atoms with Crippen LogP contribution in [0.1, 0.15) is 31.3 Å². The van der Waals surface area contributed by atoms with Crippen LogP contribution in [0.4, 0.5) is 0 Å². The third kappa shape index (κ3) is 3.12. The number of rotatable bonds is 5. The van der Waals surface area contributed by atoms with Crippen LogP contribution in [0.2, 0.25) is 0 Å². The van der Waals surface area contributed by atoms with Crippen molar-refractivity contribution in [2.24, 2.45) is 5.92 Å². The molecule has 0 aliphatic rings. The molecule has 0 aliphatic heterocycles. The highest BCUT2D eigenvalue weighted by Gasteiger charge is 2.22. The summed E-state index contributed by atoms with van der Waals surface area (Å²) in [6.07, 6.45) is 1.61. The van der Waals surface area contributed by atoms with Crippen molar-refractivity contribution in [3.8, 4) is 0 Å². The topological polar surface area (TPSA) is 62.5 Å². The minimum atomic E-state index is -0.959. The molecule has 0 saturated heterocycles. The Morgan fingerprint density at radius 3 is 2.50 bits per heavy atom. The van der Waals surface area contributed by atoms with Crippen molar-refractivity contribution < 1.29 is 14.7 Å². The van der Waals surface area contributed by atoms with Crippen molar-refractivity contribution in [2.75, 3.05) is 7.05 Å². The van der Waals surface area contributed by atoms with Gasteiger partial charge in [-0.2, -0.15) is 0 Å². The highest BCUT2D eigenvalue weighted by atomic mass is 16.4. The first kappa shape index (κ1) is 14.3. The molecule has 0 saturated carbocycles. The van der Waals surface area contributed by atoms with E-state index in [1.807, 2.05) is 20.8 Å². The second kappa shape index (κ2) is 5.71. The van der Waals surface area contributed by atoms with Gasteiger partial charge in [0.15, 0.2) is 0 Å². The van der Waals surface area contributed by atoms with Gasteiger partial charge in [0.25, 0.3) is 5.91 Å². The molecule has 1 aromatic heterocycles. The second-order valence-corrected chi connectivity index (χ2v) is 4.82. The van der Waals surface area contributed by atoms with Crippen LogP contribution in [0.3, 0.4) is 0 Å². The van der Waals surface area contributed by atoms with E-state index in [0.717, 1.165) is 0 Å². The van der Waals surface area contributed by atoms with E-state index in [0.29, 0.717) is 11.6 Å². The van der Waals surface area contributed by atoms with E-state index >= 15 is 0 Å². The van der Waals surface area contributed by atoms with Crippen molar-refractivity contribution in [2.45, 2.75) is 33.4 Å². The van der Waals surface area contributed by atoms with Crippen LogP contribution in [0, 0.1) is 5.92 Å². The van der Waals surface area contributed by atoms with Gasteiger partial charge in [0.05, 0.1) is 0 Å². The Balaban J connectivity index is 2.90. The number of amides is 1. The van der Waals surface area contributed by atoms with E-state index in [1.165, 1.54) is 4.57 Å². The average Bonchev–Trinajstić information content (AvgIpc) is 2.73. The lowest BCUT2D eigenvalue weighted by Gasteiger charge is -2.28. The second-order valence-electron chi connectivity index (χ2n) is 4.82. The Morgan fingerprint density at radius 1 is 1.39 bits per heavy atom. The average molecular weight is 252 g/mol. The fraction of sp³-hybridized carbons (Fsp3) is 0.538. The number of carbonyl (C=O) groups excluding carboxylic acids is 1. The molecule has 18 heavy (non-hydrogen) atoms. The number of carbonyl (C=O) groups is 2. The molecule has 1 unspecified atom stereocenters. The van der Waals surface area contributed by atoms with Crippen LogP contribution in [-0.2, 0) is 11.3 Å². The van der Waals surface area contributed by atoms with Crippen LogP contribution in [-0.4, -0.2) is 39.5 Å². The fourth-order valence-electron chi connectivity index (χ4n) is 1.70. The summed E-state index contributed by atoms with van der Waals surface area (Å²) in [7, 11) is 1.74. The molecule has 0 spiro atoms. The minimum Gasteiger partial charge on any atom is -0.480 e. The van der Waals surface area contributed by atoms with E-state index < -0.39 is 5.97 Å². The van der Waals surface area contributed by atoms with Gasteiger partial charge in [-0.3, -0.25) is 9.59 Å². The normalized spacial score (nSPS) is 12.5. The number of aliphatic carboxylic acids is 1. The number of carboxylic acid groups (broad SMARTS) is 1. The van der Waals surface area contributed by atoms with E-state index in [1.54, 1.807) is 30.3 Å². The Morgan fingerprint density at radius 2 is 2.00 bits per heavy atom. The summed E-state index contributed by atoms with van der Waals surface area (Å²) in [5.41, 5.74) is 0.410. The lowest BCUT2D eigenvalue weighted by Crippen LogP contribution is -2.39. The van der Waals surface area contributed by atoms with Crippen molar-refractivity contribution in [3.63, 3.8) is 0 Å². The van der Waals surface area contributed by atoms with E-state index in [9.17, 15) is 9.59 Å². The quantitative estimate of drug-likeness (QED) is 0.867.